The Bertz CT molecular complexity index is 278. The van der Waals surface area contributed by atoms with E-state index in [1.165, 1.54) is 0 Å². The molecule has 0 aliphatic carbocycles. The lowest BCUT2D eigenvalue weighted by Gasteiger charge is -1.97. The molecule has 0 unspecified atom stereocenters. The maximum absolute atomic E-state index is 5.58. The Labute approximate surface area is 81.0 Å². The van der Waals surface area contributed by atoms with Crippen LogP contribution < -0.4 is 5.79 Å². The van der Waals surface area contributed by atoms with Gasteiger partial charge in [0.05, 0.1) is 5.69 Å². The number of hydrogen-bond donors (Lipinski definition) is 0. The molecule has 0 bridgehead atoms. The van der Waals surface area contributed by atoms with Gasteiger partial charge in [0.15, 0.2) is 0 Å². The molecule has 1 heterocycles. The van der Waals surface area contributed by atoms with E-state index in [1.807, 2.05) is 6.92 Å². The summed E-state index contributed by atoms with van der Waals surface area (Å²) in [6.45, 7) is 10.6. The van der Waals surface area contributed by atoms with Crippen molar-refractivity contribution < 1.29 is 4.42 Å². The number of hydrogen-bond acceptors (Lipinski definition) is 2. The van der Waals surface area contributed by atoms with Crippen LogP contribution in [-0.2, 0) is 0 Å². The molecule has 0 aliphatic rings. The maximum Gasteiger partial charge on any atom is 0.233 e. The molecule has 0 saturated carbocycles. The molecule has 0 N–H and O–H groups in total. The van der Waals surface area contributed by atoms with Crippen LogP contribution in [0.3, 0.4) is 0 Å². The van der Waals surface area contributed by atoms with E-state index < -0.39 is 0 Å². The van der Waals surface area contributed by atoms with E-state index in [0.717, 1.165) is 24.5 Å². The first-order chi connectivity index (χ1) is 6.00. The van der Waals surface area contributed by atoms with Gasteiger partial charge in [0.1, 0.15) is 11.6 Å². The molecule has 0 aliphatic heterocycles. The van der Waals surface area contributed by atoms with Crippen LogP contribution in [0.4, 0.5) is 0 Å². The average Bonchev–Trinajstić information content (AvgIpc) is 2.29. The zero-order valence-electron chi connectivity index (χ0n) is 9.22. The van der Waals surface area contributed by atoms with Gasteiger partial charge in [-0.3, -0.25) is 0 Å². The number of rotatable bonds is 3. The van der Waals surface area contributed by atoms with Crippen LogP contribution >= 0.6 is 0 Å². The summed E-state index contributed by atoms with van der Waals surface area (Å²) in [6, 6.07) is 0. The molecule has 1 rings (SSSR count). The van der Waals surface area contributed by atoms with Crippen LogP contribution in [0.15, 0.2) is 4.42 Å². The molecule has 1 aromatic rings. The Hall–Kier alpha value is -0.725. The second kappa shape index (κ2) is 3.99. The minimum Gasteiger partial charge on any atom is -0.456 e. The quantitative estimate of drug-likeness (QED) is 0.663. The molecule has 0 radical (unpaired) electrons. The molecular formula is C10H18BNO. The van der Waals surface area contributed by atoms with Gasteiger partial charge >= 0.3 is 0 Å². The van der Waals surface area contributed by atoms with Gasteiger partial charge in [-0.25, -0.2) is 4.98 Å². The Morgan fingerprint density at radius 2 is 1.85 bits per heavy atom. The standard InChI is InChI=1S/C10H18BNO/c1-6(2)9-8(5)13-10(12-9)11-7(3)4/h6-7,11H,1-5H3. The SMILES string of the molecule is Cc1oc(BC(C)C)nc1C(C)C. The Morgan fingerprint density at radius 1 is 1.23 bits per heavy atom. The molecule has 72 valence electrons. The zero-order chi connectivity index (χ0) is 10.0. The molecule has 13 heavy (non-hydrogen) atoms. The summed E-state index contributed by atoms with van der Waals surface area (Å²) < 4.78 is 5.58. The molecular weight excluding hydrogens is 161 g/mol. The summed E-state index contributed by atoms with van der Waals surface area (Å²) >= 11 is 0. The second-order valence-electron chi connectivity index (χ2n) is 4.30. The van der Waals surface area contributed by atoms with Gasteiger partial charge in [-0.1, -0.05) is 33.5 Å². The Balaban J connectivity index is 2.82. The largest absolute Gasteiger partial charge is 0.456 e. The molecule has 0 fully saturated rings. The van der Waals surface area contributed by atoms with E-state index in [2.05, 4.69) is 32.7 Å². The molecule has 0 spiro atoms. The van der Waals surface area contributed by atoms with Gasteiger partial charge in [-0.05, 0) is 12.8 Å². The highest BCUT2D eigenvalue weighted by Gasteiger charge is 2.13. The van der Waals surface area contributed by atoms with Gasteiger partial charge in [-0.15, -0.1) is 0 Å². The van der Waals surface area contributed by atoms with Gasteiger partial charge in [-0.2, -0.15) is 0 Å². The van der Waals surface area contributed by atoms with E-state index in [-0.39, 0.29) is 0 Å². The number of aromatic nitrogens is 1. The minimum atomic E-state index is 0.463. The summed E-state index contributed by atoms with van der Waals surface area (Å²) in [6.07, 6.45) is 0. The van der Waals surface area contributed by atoms with Crippen LogP contribution in [-0.4, -0.2) is 12.3 Å². The molecule has 3 heteroatoms. The second-order valence-corrected chi connectivity index (χ2v) is 4.30. The lowest BCUT2D eigenvalue weighted by molar-refractivity contribution is 0.553. The van der Waals surface area contributed by atoms with Crippen LogP contribution in [0.5, 0.6) is 0 Å². The highest BCUT2D eigenvalue weighted by Crippen LogP contribution is 2.15. The molecule has 0 aromatic carbocycles. The summed E-state index contributed by atoms with van der Waals surface area (Å²) in [5.41, 5.74) is 1.11. The minimum absolute atomic E-state index is 0.463. The van der Waals surface area contributed by atoms with E-state index in [1.54, 1.807) is 0 Å². The van der Waals surface area contributed by atoms with Gasteiger partial charge in [0.2, 0.25) is 7.28 Å². The van der Waals surface area contributed by atoms with Crippen LogP contribution in [0, 0.1) is 6.92 Å². The fraction of sp³-hybridized carbons (Fsp3) is 0.700. The third kappa shape index (κ3) is 2.61. The number of nitrogens with zero attached hydrogens (tertiary/aromatic N) is 1. The predicted molar refractivity (Wildman–Crippen MR) is 57.2 cm³/mol. The summed E-state index contributed by atoms with van der Waals surface area (Å²) in [5.74, 6) is 2.93. The third-order valence-corrected chi connectivity index (χ3v) is 2.01. The van der Waals surface area contributed by atoms with Crippen molar-refractivity contribution in [2.45, 2.75) is 46.4 Å². The normalized spacial score (nSPS) is 11.3. The molecule has 0 atom stereocenters. The van der Waals surface area contributed by atoms with Crippen molar-refractivity contribution in [1.29, 1.82) is 0 Å². The fourth-order valence-electron chi connectivity index (χ4n) is 1.44. The fourth-order valence-corrected chi connectivity index (χ4v) is 1.44. The Morgan fingerprint density at radius 3 is 2.23 bits per heavy atom. The summed E-state index contributed by atoms with van der Waals surface area (Å²) in [7, 11) is 0.938. The van der Waals surface area contributed by atoms with Crippen LogP contribution in [0.1, 0.15) is 45.1 Å². The predicted octanol–water partition coefficient (Wildman–Crippen LogP) is 2.00. The number of oxazole rings is 1. The first-order valence-corrected chi connectivity index (χ1v) is 4.97. The van der Waals surface area contributed by atoms with Crippen molar-refractivity contribution in [3.05, 3.63) is 11.5 Å². The summed E-state index contributed by atoms with van der Waals surface area (Å²) in [4.78, 5) is 4.48. The highest BCUT2D eigenvalue weighted by atomic mass is 16.3. The Kier molecular flexibility index (Phi) is 3.18. The smallest absolute Gasteiger partial charge is 0.233 e. The highest BCUT2D eigenvalue weighted by molar-refractivity contribution is 6.52. The van der Waals surface area contributed by atoms with Gasteiger partial charge in [0, 0.05) is 0 Å². The lowest BCUT2D eigenvalue weighted by atomic mass is 9.66. The molecule has 0 amide bonds. The topological polar surface area (TPSA) is 26.0 Å². The van der Waals surface area contributed by atoms with Crippen LogP contribution in [0.2, 0.25) is 5.82 Å². The van der Waals surface area contributed by atoms with E-state index in [0.29, 0.717) is 11.7 Å². The lowest BCUT2D eigenvalue weighted by Crippen LogP contribution is -2.17. The third-order valence-electron chi connectivity index (χ3n) is 2.01. The van der Waals surface area contributed by atoms with Gasteiger partial charge in [0.25, 0.3) is 0 Å². The van der Waals surface area contributed by atoms with E-state index >= 15 is 0 Å². The molecule has 2 nitrogen and oxygen atoms in total. The van der Waals surface area contributed by atoms with Crippen molar-refractivity contribution in [2.24, 2.45) is 0 Å². The van der Waals surface area contributed by atoms with E-state index in [4.69, 9.17) is 4.42 Å². The first-order valence-electron chi connectivity index (χ1n) is 4.97. The first kappa shape index (κ1) is 10.4. The number of aryl methyl sites for hydroxylation is 1. The molecule has 1 aromatic heterocycles. The van der Waals surface area contributed by atoms with Crippen molar-refractivity contribution in [2.75, 3.05) is 0 Å². The van der Waals surface area contributed by atoms with Crippen LogP contribution in [0.25, 0.3) is 0 Å². The zero-order valence-corrected chi connectivity index (χ0v) is 9.22. The molecule has 0 saturated heterocycles. The van der Waals surface area contributed by atoms with Crippen molar-refractivity contribution in [1.82, 2.24) is 4.98 Å². The van der Waals surface area contributed by atoms with E-state index in [9.17, 15) is 0 Å². The maximum atomic E-state index is 5.58. The van der Waals surface area contributed by atoms with Crippen molar-refractivity contribution >= 4 is 13.1 Å². The average molecular weight is 179 g/mol. The van der Waals surface area contributed by atoms with Crippen molar-refractivity contribution in [3.8, 4) is 0 Å². The van der Waals surface area contributed by atoms with Crippen molar-refractivity contribution in [3.63, 3.8) is 0 Å². The summed E-state index contributed by atoms with van der Waals surface area (Å²) in [5, 5.41) is 0. The van der Waals surface area contributed by atoms with Gasteiger partial charge < -0.3 is 4.42 Å². The monoisotopic (exact) mass is 179 g/mol.